The van der Waals surface area contributed by atoms with Gasteiger partial charge in [-0.3, -0.25) is 5.21 Å². The average Bonchev–Trinajstić information content (AvgIpc) is 1.62. The molecular formula is C7H16NO+. The third-order valence-corrected chi connectivity index (χ3v) is 1.06. The van der Waals surface area contributed by atoms with E-state index in [1.165, 1.54) is 4.74 Å². The van der Waals surface area contributed by atoms with Crippen molar-refractivity contribution in [2.45, 2.75) is 40.2 Å². The second-order valence-electron chi connectivity index (χ2n) is 3.43. The zero-order valence-corrected chi connectivity index (χ0v) is 6.89. The maximum Gasteiger partial charge on any atom is 0.203 e. The Morgan fingerprint density at radius 1 is 1.22 bits per heavy atom. The van der Waals surface area contributed by atoms with Crippen LogP contribution in [0.15, 0.2) is 0 Å². The molecule has 0 unspecified atom stereocenters. The summed E-state index contributed by atoms with van der Waals surface area (Å²) >= 11 is 0. The Hall–Kier alpha value is -0.530. The van der Waals surface area contributed by atoms with E-state index >= 15 is 0 Å². The van der Waals surface area contributed by atoms with Gasteiger partial charge in [0.25, 0.3) is 0 Å². The molecule has 1 N–H and O–H groups in total. The highest BCUT2D eigenvalue weighted by molar-refractivity contribution is 5.73. The van der Waals surface area contributed by atoms with Gasteiger partial charge in [-0.25, -0.2) is 0 Å². The highest BCUT2D eigenvalue weighted by atomic mass is 16.5. The molecule has 2 heteroatoms. The third-order valence-electron chi connectivity index (χ3n) is 1.06. The van der Waals surface area contributed by atoms with Crippen molar-refractivity contribution in [1.82, 2.24) is 0 Å². The average molecular weight is 130 g/mol. The molecule has 0 aliphatic rings. The fourth-order valence-corrected chi connectivity index (χ4v) is 0.671. The first-order valence-corrected chi connectivity index (χ1v) is 3.15. The molecule has 9 heavy (non-hydrogen) atoms. The van der Waals surface area contributed by atoms with Crippen LogP contribution < -0.4 is 0 Å². The largest absolute Gasteiger partial charge is 0.290 e. The molecule has 0 rings (SSSR count). The van der Waals surface area contributed by atoms with E-state index in [1.807, 2.05) is 34.6 Å². The molecule has 0 bridgehead atoms. The maximum atomic E-state index is 9.26. The maximum absolute atomic E-state index is 9.26. The zero-order valence-electron chi connectivity index (χ0n) is 6.89. The number of hydrogen-bond donors (Lipinski definition) is 1. The SMILES string of the molecule is CC(C)=[N+](O)C(C)(C)C. The van der Waals surface area contributed by atoms with Crippen molar-refractivity contribution in [2.75, 3.05) is 0 Å². The van der Waals surface area contributed by atoms with Crippen LogP contribution in [0.5, 0.6) is 0 Å². The first-order chi connectivity index (χ1) is 3.85. The number of hydrogen-bond acceptors (Lipinski definition) is 1. The molecule has 0 saturated carbocycles. The van der Waals surface area contributed by atoms with Crippen LogP contribution in [0.2, 0.25) is 0 Å². The minimum atomic E-state index is -0.168. The van der Waals surface area contributed by atoms with E-state index in [2.05, 4.69) is 0 Å². The molecule has 0 aromatic heterocycles. The first kappa shape index (κ1) is 8.47. The fraction of sp³-hybridized carbons (Fsp3) is 0.857. The molecule has 54 valence electrons. The van der Waals surface area contributed by atoms with Gasteiger partial charge in [0.2, 0.25) is 5.54 Å². The summed E-state index contributed by atoms with van der Waals surface area (Å²) < 4.78 is 1.27. The summed E-state index contributed by atoms with van der Waals surface area (Å²) in [5, 5.41) is 9.26. The third kappa shape index (κ3) is 2.49. The van der Waals surface area contributed by atoms with E-state index in [4.69, 9.17) is 0 Å². The fourth-order valence-electron chi connectivity index (χ4n) is 0.671. The van der Waals surface area contributed by atoms with Gasteiger partial charge in [0.15, 0.2) is 5.71 Å². The zero-order chi connectivity index (χ0) is 7.65. The van der Waals surface area contributed by atoms with Crippen molar-refractivity contribution < 1.29 is 9.95 Å². The van der Waals surface area contributed by atoms with E-state index in [1.54, 1.807) is 0 Å². The van der Waals surface area contributed by atoms with Crippen molar-refractivity contribution in [3.05, 3.63) is 0 Å². The lowest BCUT2D eigenvalue weighted by molar-refractivity contribution is -0.820. The second-order valence-corrected chi connectivity index (χ2v) is 3.43. The molecule has 0 saturated heterocycles. The summed E-state index contributed by atoms with van der Waals surface area (Å²) in [6.45, 7) is 9.64. The summed E-state index contributed by atoms with van der Waals surface area (Å²) in [6, 6.07) is 0. The Morgan fingerprint density at radius 2 is 1.56 bits per heavy atom. The van der Waals surface area contributed by atoms with E-state index < -0.39 is 0 Å². The van der Waals surface area contributed by atoms with Crippen molar-refractivity contribution in [3.8, 4) is 0 Å². The van der Waals surface area contributed by atoms with E-state index in [-0.39, 0.29) is 5.54 Å². The van der Waals surface area contributed by atoms with Crippen LogP contribution in [0.1, 0.15) is 34.6 Å². The minimum Gasteiger partial charge on any atom is -0.290 e. The minimum absolute atomic E-state index is 0.168. The Morgan fingerprint density at radius 3 is 1.56 bits per heavy atom. The lowest BCUT2D eigenvalue weighted by Gasteiger charge is -2.10. The Balaban J connectivity index is 4.40. The van der Waals surface area contributed by atoms with Gasteiger partial charge >= 0.3 is 0 Å². The van der Waals surface area contributed by atoms with Crippen molar-refractivity contribution >= 4 is 5.71 Å². The van der Waals surface area contributed by atoms with Crippen LogP contribution in [-0.2, 0) is 0 Å². The monoisotopic (exact) mass is 130 g/mol. The molecule has 0 aliphatic heterocycles. The summed E-state index contributed by atoms with van der Waals surface area (Å²) in [7, 11) is 0. The van der Waals surface area contributed by atoms with Crippen LogP contribution in [0.3, 0.4) is 0 Å². The van der Waals surface area contributed by atoms with E-state index in [0.29, 0.717) is 0 Å². The molecule has 0 fully saturated rings. The van der Waals surface area contributed by atoms with Crippen molar-refractivity contribution in [1.29, 1.82) is 0 Å². The van der Waals surface area contributed by atoms with Crippen LogP contribution in [0, 0.1) is 0 Å². The van der Waals surface area contributed by atoms with Gasteiger partial charge in [0, 0.05) is 34.6 Å². The Bertz CT molecular complexity index is 126. The highest BCUT2D eigenvalue weighted by Crippen LogP contribution is 2.04. The Labute approximate surface area is 56.8 Å². The van der Waals surface area contributed by atoms with Crippen LogP contribution in [0.4, 0.5) is 0 Å². The number of rotatable bonds is 0. The number of nitrogens with zero attached hydrogens (tertiary/aromatic N) is 1. The first-order valence-electron chi connectivity index (χ1n) is 3.15. The number of hydroxylamine groups is 1. The van der Waals surface area contributed by atoms with Gasteiger partial charge in [-0.05, 0) is 4.74 Å². The lowest BCUT2D eigenvalue weighted by Crippen LogP contribution is -2.33. The molecular weight excluding hydrogens is 114 g/mol. The molecule has 0 aromatic carbocycles. The normalized spacial score (nSPS) is 11.2. The highest BCUT2D eigenvalue weighted by Gasteiger charge is 2.24. The topological polar surface area (TPSA) is 23.2 Å². The molecule has 0 atom stereocenters. The van der Waals surface area contributed by atoms with Crippen LogP contribution in [0.25, 0.3) is 0 Å². The summed E-state index contributed by atoms with van der Waals surface area (Å²) in [6.07, 6.45) is 0. The van der Waals surface area contributed by atoms with Crippen LogP contribution in [-0.4, -0.2) is 21.2 Å². The van der Waals surface area contributed by atoms with Crippen LogP contribution >= 0.6 is 0 Å². The molecule has 0 spiro atoms. The van der Waals surface area contributed by atoms with Gasteiger partial charge in [0.1, 0.15) is 0 Å². The summed E-state index contributed by atoms with van der Waals surface area (Å²) in [4.78, 5) is 0. The van der Waals surface area contributed by atoms with Gasteiger partial charge in [0.05, 0.1) is 0 Å². The molecule has 0 heterocycles. The van der Waals surface area contributed by atoms with E-state index in [9.17, 15) is 5.21 Å². The second kappa shape index (κ2) is 2.38. The van der Waals surface area contributed by atoms with Crippen molar-refractivity contribution in [2.24, 2.45) is 0 Å². The molecule has 2 nitrogen and oxygen atoms in total. The van der Waals surface area contributed by atoms with Gasteiger partial charge in [-0.1, -0.05) is 0 Å². The summed E-state index contributed by atoms with van der Waals surface area (Å²) in [5.74, 6) is 0. The molecule has 0 radical (unpaired) electrons. The lowest BCUT2D eigenvalue weighted by atomic mass is 10.1. The van der Waals surface area contributed by atoms with E-state index in [0.717, 1.165) is 5.71 Å². The smallest absolute Gasteiger partial charge is 0.203 e. The van der Waals surface area contributed by atoms with Gasteiger partial charge in [-0.15, -0.1) is 0 Å². The van der Waals surface area contributed by atoms with Gasteiger partial charge in [-0.2, -0.15) is 0 Å². The molecule has 0 aromatic rings. The molecule has 0 aliphatic carbocycles. The summed E-state index contributed by atoms with van der Waals surface area (Å²) in [5.41, 5.74) is 0.751. The predicted octanol–water partition coefficient (Wildman–Crippen LogP) is 1.67. The Kier molecular flexibility index (Phi) is 2.24. The standard InChI is InChI=1S/C7H16NO/c1-6(2)8(9)7(3,4)5/h9H,1-5H3/q+1. The van der Waals surface area contributed by atoms with Gasteiger partial charge < -0.3 is 0 Å². The predicted molar refractivity (Wildman–Crippen MR) is 38.2 cm³/mol. The molecule has 0 amide bonds. The van der Waals surface area contributed by atoms with Crippen molar-refractivity contribution in [3.63, 3.8) is 0 Å². The quantitative estimate of drug-likeness (QED) is 0.229.